The summed E-state index contributed by atoms with van der Waals surface area (Å²) in [6.45, 7) is 6.47. The molecular weight excluding hydrogens is 334 g/mol. The number of rotatable bonds is 3. The molecule has 2 aromatic heterocycles. The number of anilines is 1. The smallest absolute Gasteiger partial charge is 0.274 e. The lowest BCUT2D eigenvalue weighted by atomic mass is 9.87. The molecule has 4 rings (SSSR count). The van der Waals surface area contributed by atoms with Crippen LogP contribution in [-0.2, 0) is 7.05 Å². The normalized spacial score (nSPS) is 20.1. The number of nitrogens with one attached hydrogen (secondary N) is 2. The summed E-state index contributed by atoms with van der Waals surface area (Å²) in [6.07, 6.45) is 7.00. The van der Waals surface area contributed by atoms with E-state index in [1.54, 1.807) is 4.57 Å². The molecule has 1 aliphatic carbocycles. The van der Waals surface area contributed by atoms with E-state index in [9.17, 15) is 4.79 Å². The van der Waals surface area contributed by atoms with Crippen LogP contribution in [0.4, 0.5) is 5.69 Å². The molecule has 3 aromatic rings. The van der Waals surface area contributed by atoms with E-state index in [1.165, 1.54) is 42.5 Å². The van der Waals surface area contributed by atoms with Gasteiger partial charge in [-0.25, -0.2) is 0 Å². The number of hydrogen-bond donors (Lipinski definition) is 2. The van der Waals surface area contributed by atoms with Crippen molar-refractivity contribution in [3.8, 4) is 11.1 Å². The maximum Gasteiger partial charge on any atom is 0.274 e. The third kappa shape index (κ3) is 3.41. The Morgan fingerprint density at radius 3 is 2.56 bits per heavy atom. The van der Waals surface area contributed by atoms with Crippen molar-refractivity contribution < 1.29 is 0 Å². The van der Waals surface area contributed by atoms with E-state index in [0.29, 0.717) is 11.6 Å². The molecule has 0 atom stereocenters. The summed E-state index contributed by atoms with van der Waals surface area (Å²) in [5, 5.41) is 4.81. The summed E-state index contributed by atoms with van der Waals surface area (Å²) < 4.78 is 1.68. The van der Waals surface area contributed by atoms with Crippen LogP contribution in [0.3, 0.4) is 0 Å². The Labute approximate surface area is 160 Å². The number of aromatic nitrogens is 2. The summed E-state index contributed by atoms with van der Waals surface area (Å²) in [5.74, 6) is 0.839. The van der Waals surface area contributed by atoms with Crippen LogP contribution in [0.25, 0.3) is 22.0 Å². The SMILES string of the molecule is Cc1ccc(N[C@H]2CC[C@H](C)CC2)c(-c2cn(C)c(=O)c3[nH]c(C)cc23)c1. The van der Waals surface area contributed by atoms with Gasteiger partial charge in [0.25, 0.3) is 5.56 Å². The van der Waals surface area contributed by atoms with Crippen LogP contribution < -0.4 is 10.9 Å². The molecule has 142 valence electrons. The highest BCUT2D eigenvalue weighted by atomic mass is 16.1. The van der Waals surface area contributed by atoms with Gasteiger partial charge in [-0.1, -0.05) is 18.6 Å². The number of hydrogen-bond acceptors (Lipinski definition) is 2. The van der Waals surface area contributed by atoms with Crippen molar-refractivity contribution in [2.75, 3.05) is 5.32 Å². The first-order chi connectivity index (χ1) is 12.9. The second-order valence-electron chi connectivity index (χ2n) is 8.35. The maximum atomic E-state index is 12.5. The summed E-state index contributed by atoms with van der Waals surface area (Å²) in [5.41, 5.74) is 6.38. The van der Waals surface area contributed by atoms with Crippen molar-refractivity contribution >= 4 is 16.6 Å². The first kappa shape index (κ1) is 17.9. The zero-order valence-electron chi connectivity index (χ0n) is 16.7. The van der Waals surface area contributed by atoms with Crippen LogP contribution in [0.1, 0.15) is 43.9 Å². The van der Waals surface area contributed by atoms with Gasteiger partial charge in [0.2, 0.25) is 0 Å². The van der Waals surface area contributed by atoms with Gasteiger partial charge >= 0.3 is 0 Å². The zero-order valence-corrected chi connectivity index (χ0v) is 16.7. The molecule has 0 aliphatic heterocycles. The minimum Gasteiger partial charge on any atom is -0.382 e. The van der Waals surface area contributed by atoms with Crippen molar-refractivity contribution in [3.63, 3.8) is 0 Å². The number of fused-ring (bicyclic) bond motifs is 1. The Balaban J connectivity index is 1.82. The van der Waals surface area contributed by atoms with Crippen LogP contribution in [0.2, 0.25) is 0 Å². The van der Waals surface area contributed by atoms with Gasteiger partial charge in [0.1, 0.15) is 5.52 Å². The van der Waals surface area contributed by atoms with E-state index >= 15 is 0 Å². The Kier molecular flexibility index (Phi) is 4.58. The second kappa shape index (κ2) is 6.91. The molecule has 0 radical (unpaired) electrons. The maximum absolute atomic E-state index is 12.5. The largest absolute Gasteiger partial charge is 0.382 e. The van der Waals surface area contributed by atoms with Crippen LogP contribution >= 0.6 is 0 Å². The fraction of sp³-hybridized carbons (Fsp3) is 0.435. The van der Waals surface area contributed by atoms with Gasteiger partial charge in [0.05, 0.1) is 0 Å². The lowest BCUT2D eigenvalue weighted by Gasteiger charge is -2.29. The van der Waals surface area contributed by atoms with E-state index in [4.69, 9.17) is 0 Å². The third-order valence-corrected chi connectivity index (χ3v) is 5.94. The molecule has 0 bridgehead atoms. The summed E-state index contributed by atoms with van der Waals surface area (Å²) >= 11 is 0. The monoisotopic (exact) mass is 363 g/mol. The molecular formula is C23H29N3O. The lowest BCUT2D eigenvalue weighted by molar-refractivity contribution is 0.361. The van der Waals surface area contributed by atoms with Crippen molar-refractivity contribution in [1.82, 2.24) is 9.55 Å². The third-order valence-electron chi connectivity index (χ3n) is 5.94. The molecule has 2 N–H and O–H groups in total. The van der Waals surface area contributed by atoms with Gasteiger partial charge < -0.3 is 14.9 Å². The quantitative estimate of drug-likeness (QED) is 0.677. The number of benzene rings is 1. The van der Waals surface area contributed by atoms with Crippen LogP contribution in [0, 0.1) is 19.8 Å². The number of pyridine rings is 1. The highest BCUT2D eigenvalue weighted by Crippen LogP contribution is 2.35. The topological polar surface area (TPSA) is 49.8 Å². The first-order valence-corrected chi connectivity index (χ1v) is 9.99. The lowest BCUT2D eigenvalue weighted by Crippen LogP contribution is -2.25. The van der Waals surface area contributed by atoms with Gasteiger partial charge in [-0.15, -0.1) is 0 Å². The average molecular weight is 364 g/mol. The van der Waals surface area contributed by atoms with E-state index in [0.717, 1.165) is 22.6 Å². The molecule has 0 unspecified atom stereocenters. The van der Waals surface area contributed by atoms with Crippen LogP contribution in [0.15, 0.2) is 35.3 Å². The first-order valence-electron chi connectivity index (χ1n) is 9.99. The second-order valence-corrected chi connectivity index (χ2v) is 8.35. The molecule has 4 nitrogen and oxygen atoms in total. The van der Waals surface area contributed by atoms with Gasteiger partial charge in [-0.3, -0.25) is 4.79 Å². The average Bonchev–Trinajstić information content (AvgIpc) is 3.03. The Morgan fingerprint density at radius 1 is 1.07 bits per heavy atom. The van der Waals surface area contributed by atoms with Crippen molar-refractivity contribution in [2.45, 2.75) is 52.5 Å². The molecule has 27 heavy (non-hydrogen) atoms. The molecule has 0 saturated heterocycles. The molecule has 1 saturated carbocycles. The van der Waals surface area contributed by atoms with Crippen molar-refractivity contribution in [1.29, 1.82) is 0 Å². The van der Waals surface area contributed by atoms with Gasteiger partial charge in [-0.05, 0) is 63.6 Å². The van der Waals surface area contributed by atoms with Crippen LogP contribution in [-0.4, -0.2) is 15.6 Å². The standard InChI is InChI=1S/C23H29N3O/c1-14-5-8-17(9-6-14)25-21-10-7-15(2)11-18(21)20-13-26(4)23(27)22-19(20)12-16(3)24-22/h7,10-14,17,24-25H,5-6,8-9H2,1-4H3/t14-,17-. The number of aromatic amines is 1. The molecule has 2 heterocycles. The number of nitrogens with zero attached hydrogens (tertiary/aromatic N) is 1. The Bertz CT molecular complexity index is 1040. The number of H-pyrrole nitrogens is 1. The summed E-state index contributed by atoms with van der Waals surface area (Å²) in [4.78, 5) is 15.8. The van der Waals surface area contributed by atoms with Gasteiger partial charge in [-0.2, -0.15) is 0 Å². The highest BCUT2D eigenvalue weighted by Gasteiger charge is 2.20. The fourth-order valence-corrected chi connectivity index (χ4v) is 4.31. The number of aryl methyl sites for hydroxylation is 3. The van der Waals surface area contributed by atoms with E-state index in [-0.39, 0.29) is 5.56 Å². The minimum atomic E-state index is 0.0188. The van der Waals surface area contributed by atoms with Gasteiger partial charge in [0, 0.05) is 47.2 Å². The molecule has 0 spiro atoms. The van der Waals surface area contributed by atoms with Crippen molar-refractivity contribution in [3.05, 3.63) is 52.1 Å². The highest BCUT2D eigenvalue weighted by molar-refractivity contribution is 5.98. The minimum absolute atomic E-state index is 0.0188. The summed E-state index contributed by atoms with van der Waals surface area (Å²) in [7, 11) is 1.83. The zero-order chi connectivity index (χ0) is 19.1. The molecule has 1 aliphatic rings. The van der Waals surface area contributed by atoms with E-state index < -0.39 is 0 Å². The Morgan fingerprint density at radius 2 is 1.81 bits per heavy atom. The summed E-state index contributed by atoms with van der Waals surface area (Å²) in [6, 6.07) is 9.20. The molecule has 1 aromatic carbocycles. The van der Waals surface area contributed by atoms with E-state index in [1.807, 2.05) is 20.2 Å². The molecule has 4 heteroatoms. The fourth-order valence-electron chi connectivity index (χ4n) is 4.31. The molecule has 0 amide bonds. The molecule has 1 fully saturated rings. The van der Waals surface area contributed by atoms with Crippen LogP contribution in [0.5, 0.6) is 0 Å². The Hall–Kier alpha value is -2.49. The van der Waals surface area contributed by atoms with Crippen molar-refractivity contribution in [2.24, 2.45) is 13.0 Å². The predicted octanol–water partition coefficient (Wildman–Crippen LogP) is 5.14. The van der Waals surface area contributed by atoms with Gasteiger partial charge in [0.15, 0.2) is 0 Å². The van der Waals surface area contributed by atoms with E-state index in [2.05, 4.69) is 48.4 Å². The predicted molar refractivity (Wildman–Crippen MR) is 113 cm³/mol.